The van der Waals surface area contributed by atoms with Gasteiger partial charge in [-0.2, -0.15) is 8.78 Å². The molecule has 29 heavy (non-hydrogen) atoms. The number of aliphatic imine (C=N–C) groups is 1. The number of nitrogens with one attached hydrogen (secondary N) is 3. The summed E-state index contributed by atoms with van der Waals surface area (Å²) >= 11 is 0. The number of sulfonamides is 1. The van der Waals surface area contributed by atoms with Crippen LogP contribution < -0.4 is 20.1 Å². The lowest BCUT2D eigenvalue weighted by molar-refractivity contribution is -0.0504. The maximum absolute atomic E-state index is 12.6. The van der Waals surface area contributed by atoms with Crippen molar-refractivity contribution in [2.45, 2.75) is 25.0 Å². The maximum Gasteiger partial charge on any atom is 0.387 e. The zero-order valence-electron chi connectivity index (χ0n) is 16.4. The first-order valence-electron chi connectivity index (χ1n) is 8.82. The van der Waals surface area contributed by atoms with E-state index in [0.29, 0.717) is 11.5 Å². The van der Waals surface area contributed by atoms with E-state index in [9.17, 15) is 17.2 Å². The van der Waals surface area contributed by atoms with Gasteiger partial charge in [0, 0.05) is 51.7 Å². The lowest BCUT2D eigenvalue weighted by Gasteiger charge is -2.15. The number of rotatable bonds is 9. The molecule has 0 atom stereocenters. The molecule has 0 spiro atoms. The van der Waals surface area contributed by atoms with E-state index >= 15 is 0 Å². The van der Waals surface area contributed by atoms with Crippen molar-refractivity contribution < 1.29 is 21.9 Å². The highest BCUT2D eigenvalue weighted by molar-refractivity contribution is 7.89. The van der Waals surface area contributed by atoms with Crippen molar-refractivity contribution in [3.05, 3.63) is 47.8 Å². The van der Waals surface area contributed by atoms with Crippen molar-refractivity contribution in [2.24, 2.45) is 12.0 Å². The van der Waals surface area contributed by atoms with Crippen LogP contribution in [-0.4, -0.2) is 45.7 Å². The van der Waals surface area contributed by atoms with Crippen molar-refractivity contribution in [2.75, 3.05) is 20.1 Å². The number of hydrogen-bond donors (Lipinski definition) is 3. The molecule has 0 amide bonds. The molecule has 0 unspecified atom stereocenters. The molecule has 0 bridgehead atoms. The fourth-order valence-corrected chi connectivity index (χ4v) is 3.63. The topological polar surface area (TPSA) is 96.8 Å². The van der Waals surface area contributed by atoms with Crippen LogP contribution in [-0.2, 0) is 23.6 Å². The molecule has 11 heteroatoms. The first kappa shape index (κ1) is 22.6. The van der Waals surface area contributed by atoms with Crippen LogP contribution in [0.4, 0.5) is 8.78 Å². The van der Waals surface area contributed by atoms with Crippen LogP contribution in [0.1, 0.15) is 11.1 Å². The van der Waals surface area contributed by atoms with Crippen LogP contribution in [0.5, 0.6) is 5.75 Å². The van der Waals surface area contributed by atoms with Gasteiger partial charge in [-0.3, -0.25) is 4.99 Å². The summed E-state index contributed by atoms with van der Waals surface area (Å²) in [5, 5.41) is 5.95. The fraction of sp³-hybridized carbons (Fsp3) is 0.389. The number of aryl methyl sites for hydroxylation is 2. The SMILES string of the molecule is CN=C(NCCNS(=O)(=O)c1ccn(C)c1)NCc1cc(C)ccc1OC(F)F. The van der Waals surface area contributed by atoms with Gasteiger partial charge in [0.15, 0.2) is 5.96 Å². The van der Waals surface area contributed by atoms with Gasteiger partial charge in [0.05, 0.1) is 4.90 Å². The van der Waals surface area contributed by atoms with Gasteiger partial charge in [-0.1, -0.05) is 17.7 Å². The molecule has 0 saturated heterocycles. The van der Waals surface area contributed by atoms with Gasteiger partial charge >= 0.3 is 6.61 Å². The molecule has 0 fully saturated rings. The lowest BCUT2D eigenvalue weighted by Crippen LogP contribution is -2.41. The minimum atomic E-state index is -3.58. The Balaban J connectivity index is 1.85. The van der Waals surface area contributed by atoms with E-state index in [4.69, 9.17) is 0 Å². The summed E-state index contributed by atoms with van der Waals surface area (Å²) in [6.45, 7) is -0.436. The minimum Gasteiger partial charge on any atom is -0.434 e. The van der Waals surface area contributed by atoms with Crippen molar-refractivity contribution in [3.63, 3.8) is 0 Å². The van der Waals surface area contributed by atoms with Gasteiger partial charge in [-0.25, -0.2) is 13.1 Å². The molecule has 160 valence electrons. The van der Waals surface area contributed by atoms with Gasteiger partial charge < -0.3 is 19.9 Å². The van der Waals surface area contributed by atoms with E-state index in [0.717, 1.165) is 5.56 Å². The smallest absolute Gasteiger partial charge is 0.387 e. The zero-order valence-corrected chi connectivity index (χ0v) is 17.3. The average Bonchev–Trinajstić information content (AvgIpc) is 3.10. The standard InChI is InChI=1S/C18H25F2N5O3S/c1-13-4-5-16(28-17(19)20)14(10-13)11-23-18(21-2)22-7-8-24-29(26,27)15-6-9-25(3)12-15/h4-6,9-10,12,17,24H,7-8,11H2,1-3H3,(H2,21,22,23). The predicted molar refractivity (Wildman–Crippen MR) is 107 cm³/mol. The van der Waals surface area contributed by atoms with Crippen LogP contribution in [0.2, 0.25) is 0 Å². The molecule has 0 aliphatic rings. The van der Waals surface area contributed by atoms with Gasteiger partial charge in [-0.05, 0) is 19.1 Å². The summed E-state index contributed by atoms with van der Waals surface area (Å²) in [6, 6.07) is 6.43. The van der Waals surface area contributed by atoms with Crippen molar-refractivity contribution in [3.8, 4) is 5.75 Å². The van der Waals surface area contributed by atoms with Crippen molar-refractivity contribution in [1.82, 2.24) is 19.9 Å². The average molecular weight is 429 g/mol. The monoisotopic (exact) mass is 429 g/mol. The number of nitrogens with zero attached hydrogens (tertiary/aromatic N) is 2. The van der Waals surface area contributed by atoms with E-state index in [1.54, 1.807) is 37.0 Å². The Morgan fingerprint density at radius 1 is 1.24 bits per heavy atom. The normalized spacial score (nSPS) is 12.3. The molecular formula is C18H25F2N5O3S. The van der Waals surface area contributed by atoms with Crippen molar-refractivity contribution >= 4 is 16.0 Å². The van der Waals surface area contributed by atoms with Crippen LogP contribution in [0.25, 0.3) is 0 Å². The molecule has 0 aliphatic carbocycles. The predicted octanol–water partition coefficient (Wildman–Crippen LogP) is 1.58. The molecule has 8 nitrogen and oxygen atoms in total. The molecule has 0 saturated carbocycles. The molecule has 0 aliphatic heterocycles. The molecule has 3 N–H and O–H groups in total. The summed E-state index contributed by atoms with van der Waals surface area (Å²) in [6.07, 6.45) is 3.16. The summed E-state index contributed by atoms with van der Waals surface area (Å²) in [4.78, 5) is 4.22. The second-order valence-corrected chi connectivity index (χ2v) is 8.02. The quantitative estimate of drug-likeness (QED) is 0.320. The highest BCUT2D eigenvalue weighted by Crippen LogP contribution is 2.21. The third-order valence-electron chi connectivity index (χ3n) is 3.93. The van der Waals surface area contributed by atoms with Gasteiger partial charge in [-0.15, -0.1) is 0 Å². The summed E-state index contributed by atoms with van der Waals surface area (Å²) in [5.74, 6) is 0.484. The van der Waals surface area contributed by atoms with Crippen molar-refractivity contribution in [1.29, 1.82) is 0 Å². The van der Waals surface area contributed by atoms with E-state index in [2.05, 4.69) is 25.1 Å². The van der Waals surface area contributed by atoms with Crippen LogP contribution in [0.15, 0.2) is 46.5 Å². The van der Waals surface area contributed by atoms with Gasteiger partial charge in [0.1, 0.15) is 5.75 Å². The zero-order chi connectivity index (χ0) is 21.4. The number of hydrogen-bond acceptors (Lipinski definition) is 4. The Bertz CT molecular complexity index is 945. The van der Waals surface area contributed by atoms with E-state index < -0.39 is 16.6 Å². The Morgan fingerprint density at radius 2 is 2.00 bits per heavy atom. The largest absolute Gasteiger partial charge is 0.434 e. The lowest BCUT2D eigenvalue weighted by atomic mass is 10.1. The van der Waals surface area contributed by atoms with Gasteiger partial charge in [0.25, 0.3) is 0 Å². The highest BCUT2D eigenvalue weighted by Gasteiger charge is 2.14. The number of guanidine groups is 1. The Kier molecular flexibility index (Phi) is 7.97. The fourth-order valence-electron chi connectivity index (χ4n) is 2.54. The molecular weight excluding hydrogens is 404 g/mol. The molecule has 1 aromatic heterocycles. The number of alkyl halides is 2. The van der Waals surface area contributed by atoms with Gasteiger partial charge in [0.2, 0.25) is 10.0 Å². The Hall–Kier alpha value is -2.66. The van der Waals surface area contributed by atoms with Crippen LogP contribution in [0, 0.1) is 6.92 Å². The number of halogens is 2. The molecule has 0 radical (unpaired) electrons. The van der Waals surface area contributed by atoms with E-state index in [1.807, 2.05) is 6.92 Å². The molecule has 2 aromatic rings. The Labute approximate surface area is 169 Å². The number of aromatic nitrogens is 1. The summed E-state index contributed by atoms with van der Waals surface area (Å²) in [5.41, 5.74) is 1.46. The second kappa shape index (κ2) is 10.2. The summed E-state index contributed by atoms with van der Waals surface area (Å²) in [7, 11) is -0.290. The highest BCUT2D eigenvalue weighted by atomic mass is 32.2. The first-order chi connectivity index (χ1) is 13.7. The molecule has 2 rings (SSSR count). The maximum atomic E-state index is 12.6. The third-order valence-corrected chi connectivity index (χ3v) is 5.37. The Morgan fingerprint density at radius 3 is 2.62 bits per heavy atom. The third kappa shape index (κ3) is 7.02. The van der Waals surface area contributed by atoms with E-state index in [1.165, 1.54) is 18.3 Å². The minimum absolute atomic E-state index is 0.0872. The van der Waals surface area contributed by atoms with E-state index in [-0.39, 0.29) is 30.3 Å². The molecule has 1 heterocycles. The van der Waals surface area contributed by atoms with Crippen LogP contribution >= 0.6 is 0 Å². The number of benzene rings is 1. The molecule has 1 aromatic carbocycles. The first-order valence-corrected chi connectivity index (χ1v) is 10.3. The summed E-state index contributed by atoms with van der Waals surface area (Å²) < 4.78 is 58.1. The van der Waals surface area contributed by atoms with Crippen LogP contribution in [0.3, 0.4) is 0 Å². The number of ether oxygens (including phenoxy) is 1. The second-order valence-electron chi connectivity index (χ2n) is 6.25.